The van der Waals surface area contributed by atoms with Crippen molar-refractivity contribution in [3.05, 3.63) is 44.5 Å². The van der Waals surface area contributed by atoms with E-state index in [-0.39, 0.29) is 10.0 Å². The van der Waals surface area contributed by atoms with Gasteiger partial charge in [0.2, 0.25) is 0 Å². The Balaban J connectivity index is 2.35. The predicted octanol–water partition coefficient (Wildman–Crippen LogP) is 5.38. The summed E-state index contributed by atoms with van der Waals surface area (Å²) in [5, 5.41) is 3.39. The van der Waals surface area contributed by atoms with E-state index in [9.17, 15) is 4.39 Å². The van der Waals surface area contributed by atoms with Gasteiger partial charge in [0.15, 0.2) is 0 Å². The zero-order valence-electron chi connectivity index (χ0n) is 10.6. The molecule has 1 aromatic carbocycles. The minimum absolute atomic E-state index is 0.196. The Morgan fingerprint density at radius 3 is 2.45 bits per heavy atom. The number of anilines is 2. The van der Waals surface area contributed by atoms with Crippen molar-refractivity contribution >= 4 is 50.6 Å². The molecule has 2 rings (SSSR count). The van der Waals surface area contributed by atoms with Gasteiger partial charge in [0.05, 0.1) is 15.7 Å². The van der Waals surface area contributed by atoms with Gasteiger partial charge in [-0.3, -0.25) is 0 Å². The van der Waals surface area contributed by atoms with Crippen molar-refractivity contribution < 1.29 is 4.39 Å². The summed E-state index contributed by atoms with van der Waals surface area (Å²) in [6.07, 6.45) is 1.70. The Morgan fingerprint density at radius 1 is 1.20 bits per heavy atom. The van der Waals surface area contributed by atoms with Crippen LogP contribution >= 0.6 is 39.1 Å². The number of nitrogens with zero attached hydrogens (tertiary/aromatic N) is 2. The second-order valence-corrected chi connectivity index (χ2v) is 5.74. The molecule has 0 unspecified atom stereocenters. The first-order valence-electron chi connectivity index (χ1n) is 5.94. The predicted molar refractivity (Wildman–Crippen MR) is 83.4 cm³/mol. The van der Waals surface area contributed by atoms with Crippen LogP contribution in [0.1, 0.15) is 19.2 Å². The minimum Gasteiger partial charge on any atom is -0.338 e. The van der Waals surface area contributed by atoms with E-state index in [1.54, 1.807) is 6.07 Å². The molecule has 0 radical (unpaired) electrons. The van der Waals surface area contributed by atoms with Gasteiger partial charge in [-0.1, -0.05) is 30.1 Å². The molecule has 0 bridgehead atoms. The lowest BCUT2D eigenvalue weighted by Gasteiger charge is -2.11. The standard InChI is InChI=1S/C13H11BrCl2FN3/c1-2-3-11-18-10(14)6-12(19-11)20-13-8(15)4-7(17)5-9(13)16/h4-6H,2-3H2,1H3,(H,18,19,20). The quantitative estimate of drug-likeness (QED) is 0.725. The maximum absolute atomic E-state index is 13.1. The molecule has 20 heavy (non-hydrogen) atoms. The number of aromatic nitrogens is 2. The maximum atomic E-state index is 13.1. The summed E-state index contributed by atoms with van der Waals surface area (Å²) in [5.74, 6) is 0.769. The van der Waals surface area contributed by atoms with Crippen LogP contribution in [-0.2, 0) is 6.42 Å². The summed E-state index contributed by atoms with van der Waals surface area (Å²) >= 11 is 15.3. The molecule has 1 heterocycles. The van der Waals surface area contributed by atoms with E-state index in [1.807, 2.05) is 6.92 Å². The number of benzene rings is 1. The smallest absolute Gasteiger partial charge is 0.135 e. The van der Waals surface area contributed by atoms with Crippen molar-refractivity contribution in [1.82, 2.24) is 9.97 Å². The van der Waals surface area contributed by atoms with E-state index in [1.165, 1.54) is 12.1 Å². The highest BCUT2D eigenvalue weighted by atomic mass is 79.9. The molecule has 7 heteroatoms. The van der Waals surface area contributed by atoms with Crippen molar-refractivity contribution in [2.75, 3.05) is 5.32 Å². The van der Waals surface area contributed by atoms with Crippen molar-refractivity contribution in [2.45, 2.75) is 19.8 Å². The van der Waals surface area contributed by atoms with E-state index in [0.29, 0.717) is 21.9 Å². The Kier molecular flexibility index (Phi) is 5.18. The topological polar surface area (TPSA) is 37.8 Å². The minimum atomic E-state index is -0.485. The van der Waals surface area contributed by atoms with Gasteiger partial charge in [-0.05, 0) is 34.5 Å². The van der Waals surface area contributed by atoms with E-state index in [2.05, 4.69) is 31.2 Å². The summed E-state index contributed by atoms with van der Waals surface area (Å²) in [5.41, 5.74) is 0.419. The summed E-state index contributed by atoms with van der Waals surface area (Å²) in [6, 6.07) is 4.09. The maximum Gasteiger partial charge on any atom is 0.135 e. The lowest BCUT2D eigenvalue weighted by molar-refractivity contribution is 0.628. The number of halogens is 4. The Labute approximate surface area is 134 Å². The lowest BCUT2D eigenvalue weighted by atomic mass is 10.3. The third-order valence-electron chi connectivity index (χ3n) is 2.47. The van der Waals surface area contributed by atoms with E-state index >= 15 is 0 Å². The number of aryl methyl sites for hydroxylation is 1. The largest absolute Gasteiger partial charge is 0.338 e. The van der Waals surface area contributed by atoms with Crippen LogP contribution in [0.2, 0.25) is 10.0 Å². The zero-order valence-corrected chi connectivity index (χ0v) is 13.7. The fourth-order valence-corrected chi connectivity index (χ4v) is 2.63. The summed E-state index contributed by atoms with van der Waals surface area (Å²) in [6.45, 7) is 2.05. The molecular weight excluding hydrogens is 368 g/mol. The molecule has 0 fully saturated rings. The van der Waals surface area contributed by atoms with Crippen LogP contribution in [0.3, 0.4) is 0 Å². The van der Waals surface area contributed by atoms with Gasteiger partial charge in [-0.25, -0.2) is 14.4 Å². The monoisotopic (exact) mass is 377 g/mol. The highest BCUT2D eigenvalue weighted by molar-refractivity contribution is 9.10. The molecule has 0 saturated carbocycles. The lowest BCUT2D eigenvalue weighted by Crippen LogP contribution is -2.01. The number of hydrogen-bond acceptors (Lipinski definition) is 3. The molecule has 0 aliphatic rings. The van der Waals surface area contributed by atoms with Gasteiger partial charge < -0.3 is 5.32 Å². The molecule has 2 aromatic rings. The van der Waals surface area contributed by atoms with Gasteiger partial charge in [-0.2, -0.15) is 0 Å². The van der Waals surface area contributed by atoms with Gasteiger partial charge in [0, 0.05) is 12.5 Å². The summed E-state index contributed by atoms with van der Waals surface area (Å²) in [7, 11) is 0. The molecule has 0 spiro atoms. The number of rotatable bonds is 4. The third-order valence-corrected chi connectivity index (χ3v) is 3.48. The van der Waals surface area contributed by atoms with E-state index in [4.69, 9.17) is 23.2 Å². The van der Waals surface area contributed by atoms with Crippen LogP contribution in [0.5, 0.6) is 0 Å². The summed E-state index contributed by atoms with van der Waals surface area (Å²) in [4.78, 5) is 8.62. The number of hydrogen-bond donors (Lipinski definition) is 1. The van der Waals surface area contributed by atoms with E-state index < -0.39 is 5.82 Å². The van der Waals surface area contributed by atoms with Crippen molar-refractivity contribution in [2.24, 2.45) is 0 Å². The second-order valence-electron chi connectivity index (χ2n) is 4.11. The first kappa shape index (κ1) is 15.5. The molecule has 106 valence electrons. The van der Waals surface area contributed by atoms with Crippen LogP contribution in [0.4, 0.5) is 15.9 Å². The van der Waals surface area contributed by atoms with Crippen LogP contribution in [0.15, 0.2) is 22.8 Å². The van der Waals surface area contributed by atoms with Crippen LogP contribution in [0.25, 0.3) is 0 Å². The molecule has 1 aromatic heterocycles. The Bertz CT molecular complexity index is 614. The highest BCUT2D eigenvalue weighted by Crippen LogP contribution is 2.33. The number of nitrogens with one attached hydrogen (secondary N) is 1. The van der Waals surface area contributed by atoms with Crippen LogP contribution < -0.4 is 5.32 Å². The van der Waals surface area contributed by atoms with Gasteiger partial charge in [-0.15, -0.1) is 0 Å². The second kappa shape index (κ2) is 6.70. The molecule has 3 nitrogen and oxygen atoms in total. The average molecular weight is 379 g/mol. The molecule has 0 atom stereocenters. The summed E-state index contributed by atoms with van der Waals surface area (Å²) < 4.78 is 13.8. The van der Waals surface area contributed by atoms with Crippen molar-refractivity contribution in [1.29, 1.82) is 0 Å². The van der Waals surface area contributed by atoms with Gasteiger partial charge in [0.25, 0.3) is 0 Å². The van der Waals surface area contributed by atoms with Crippen LogP contribution in [0, 0.1) is 5.82 Å². The molecule has 0 aliphatic carbocycles. The fourth-order valence-electron chi connectivity index (χ4n) is 1.65. The molecular formula is C13H11BrCl2FN3. The third kappa shape index (κ3) is 3.81. The SMILES string of the molecule is CCCc1nc(Br)cc(Nc2c(Cl)cc(F)cc2Cl)n1. The first-order valence-corrected chi connectivity index (χ1v) is 7.49. The molecule has 1 N–H and O–H groups in total. The van der Waals surface area contributed by atoms with Crippen LogP contribution in [-0.4, -0.2) is 9.97 Å². The zero-order chi connectivity index (χ0) is 14.7. The Hall–Kier alpha value is -0.910. The van der Waals surface area contributed by atoms with E-state index in [0.717, 1.165) is 12.8 Å². The van der Waals surface area contributed by atoms with Crippen molar-refractivity contribution in [3.63, 3.8) is 0 Å². The fraction of sp³-hybridized carbons (Fsp3) is 0.231. The first-order chi connectivity index (χ1) is 9.49. The van der Waals surface area contributed by atoms with Crippen molar-refractivity contribution in [3.8, 4) is 0 Å². The molecule has 0 amide bonds. The average Bonchev–Trinajstić information content (AvgIpc) is 2.33. The molecule has 0 aliphatic heterocycles. The Morgan fingerprint density at radius 2 is 1.85 bits per heavy atom. The van der Waals surface area contributed by atoms with Gasteiger partial charge in [0.1, 0.15) is 22.1 Å². The van der Waals surface area contributed by atoms with Gasteiger partial charge >= 0.3 is 0 Å². The normalized spacial score (nSPS) is 10.7. The molecule has 0 saturated heterocycles. The highest BCUT2D eigenvalue weighted by Gasteiger charge is 2.10.